The standard InChI is InChI=1S/C16H16O2S/c17-11-16-9-5-4-8-14(16)19-13(10-16)15(18)12-6-2-1-3-7-12/h1-3,6-8,11,13H,4-5,9-10H2. The van der Waals surface area contributed by atoms with E-state index in [1.807, 2.05) is 30.3 Å². The summed E-state index contributed by atoms with van der Waals surface area (Å²) in [5.74, 6) is 0.155. The molecule has 2 nitrogen and oxygen atoms in total. The predicted octanol–water partition coefficient (Wildman–Crippen LogP) is 3.63. The molecule has 2 aliphatic rings. The van der Waals surface area contributed by atoms with Gasteiger partial charge in [-0.25, -0.2) is 0 Å². The van der Waals surface area contributed by atoms with E-state index in [0.717, 1.165) is 36.0 Å². The van der Waals surface area contributed by atoms with Crippen LogP contribution >= 0.6 is 11.8 Å². The maximum absolute atomic E-state index is 12.5. The fourth-order valence-electron chi connectivity index (χ4n) is 2.97. The highest BCUT2D eigenvalue weighted by molar-refractivity contribution is 8.04. The lowest BCUT2D eigenvalue weighted by Crippen LogP contribution is -2.25. The number of hydrogen-bond donors (Lipinski definition) is 0. The van der Waals surface area contributed by atoms with Crippen molar-refractivity contribution >= 4 is 23.8 Å². The fourth-order valence-corrected chi connectivity index (χ4v) is 4.58. The first-order chi connectivity index (χ1) is 9.25. The van der Waals surface area contributed by atoms with Crippen LogP contribution in [0.5, 0.6) is 0 Å². The van der Waals surface area contributed by atoms with Gasteiger partial charge in [0, 0.05) is 5.56 Å². The van der Waals surface area contributed by atoms with Gasteiger partial charge in [0.15, 0.2) is 5.78 Å². The van der Waals surface area contributed by atoms with Crippen LogP contribution in [0, 0.1) is 5.41 Å². The fraction of sp³-hybridized carbons (Fsp3) is 0.375. The number of carbonyl (C=O) groups is 2. The van der Waals surface area contributed by atoms with E-state index in [0.29, 0.717) is 6.42 Å². The number of hydrogen-bond acceptors (Lipinski definition) is 3. The number of ketones is 1. The second-order valence-electron chi connectivity index (χ2n) is 5.28. The van der Waals surface area contributed by atoms with Crippen LogP contribution in [0.4, 0.5) is 0 Å². The van der Waals surface area contributed by atoms with Crippen molar-refractivity contribution in [2.45, 2.75) is 30.9 Å². The van der Waals surface area contributed by atoms with E-state index in [-0.39, 0.29) is 16.4 Å². The van der Waals surface area contributed by atoms with Crippen molar-refractivity contribution in [2.24, 2.45) is 5.41 Å². The molecule has 3 rings (SSSR count). The number of fused-ring (bicyclic) bond motifs is 1. The summed E-state index contributed by atoms with van der Waals surface area (Å²) in [5.41, 5.74) is 0.387. The topological polar surface area (TPSA) is 34.1 Å². The van der Waals surface area contributed by atoms with Crippen molar-refractivity contribution in [3.8, 4) is 0 Å². The molecule has 1 aliphatic carbocycles. The molecule has 1 fully saturated rings. The monoisotopic (exact) mass is 272 g/mol. The molecule has 1 saturated heterocycles. The van der Waals surface area contributed by atoms with E-state index in [9.17, 15) is 9.59 Å². The number of thioether (sulfide) groups is 1. The van der Waals surface area contributed by atoms with Crippen molar-refractivity contribution in [2.75, 3.05) is 0 Å². The van der Waals surface area contributed by atoms with E-state index < -0.39 is 0 Å². The average molecular weight is 272 g/mol. The Morgan fingerprint density at radius 3 is 2.79 bits per heavy atom. The normalized spacial score (nSPS) is 29.5. The minimum absolute atomic E-state index is 0.100. The summed E-state index contributed by atoms with van der Waals surface area (Å²) in [7, 11) is 0. The second-order valence-corrected chi connectivity index (χ2v) is 6.52. The molecule has 19 heavy (non-hydrogen) atoms. The van der Waals surface area contributed by atoms with Crippen LogP contribution in [0.1, 0.15) is 36.0 Å². The maximum Gasteiger partial charge on any atom is 0.176 e. The van der Waals surface area contributed by atoms with Gasteiger partial charge in [0.25, 0.3) is 0 Å². The molecular formula is C16H16O2S. The van der Waals surface area contributed by atoms with E-state index in [1.165, 1.54) is 0 Å². The smallest absolute Gasteiger partial charge is 0.176 e. The number of benzene rings is 1. The van der Waals surface area contributed by atoms with Crippen LogP contribution in [-0.4, -0.2) is 17.3 Å². The summed E-state index contributed by atoms with van der Waals surface area (Å²) in [5, 5.41) is -0.100. The molecule has 3 heteroatoms. The van der Waals surface area contributed by atoms with E-state index in [2.05, 4.69) is 6.08 Å². The molecule has 1 aromatic carbocycles. The van der Waals surface area contributed by atoms with Gasteiger partial charge >= 0.3 is 0 Å². The zero-order valence-corrected chi connectivity index (χ0v) is 11.5. The predicted molar refractivity (Wildman–Crippen MR) is 77.2 cm³/mol. The minimum Gasteiger partial charge on any atom is -0.302 e. The summed E-state index contributed by atoms with van der Waals surface area (Å²) in [6.45, 7) is 0. The molecule has 2 unspecified atom stereocenters. The average Bonchev–Trinajstić information content (AvgIpc) is 2.87. The van der Waals surface area contributed by atoms with Gasteiger partial charge in [-0.3, -0.25) is 4.79 Å². The van der Waals surface area contributed by atoms with Crippen molar-refractivity contribution in [1.82, 2.24) is 0 Å². The van der Waals surface area contributed by atoms with Crippen molar-refractivity contribution in [3.05, 3.63) is 46.9 Å². The largest absolute Gasteiger partial charge is 0.302 e. The maximum atomic E-state index is 12.5. The molecule has 1 aliphatic heterocycles. The summed E-state index contributed by atoms with van der Waals surface area (Å²) in [6, 6.07) is 9.39. The quantitative estimate of drug-likeness (QED) is 0.622. The number of aldehydes is 1. The number of allylic oxidation sites excluding steroid dienone is 2. The third-order valence-electron chi connectivity index (χ3n) is 4.04. The minimum atomic E-state index is -0.363. The van der Waals surface area contributed by atoms with Gasteiger partial charge in [-0.15, -0.1) is 11.8 Å². The lowest BCUT2D eigenvalue weighted by molar-refractivity contribution is -0.114. The van der Waals surface area contributed by atoms with Crippen LogP contribution in [-0.2, 0) is 4.79 Å². The first kappa shape index (κ1) is 12.7. The Kier molecular flexibility index (Phi) is 3.31. The van der Waals surface area contributed by atoms with Gasteiger partial charge in [-0.1, -0.05) is 36.4 Å². The van der Waals surface area contributed by atoms with Gasteiger partial charge in [-0.05, 0) is 30.6 Å². The van der Waals surface area contributed by atoms with E-state index >= 15 is 0 Å². The first-order valence-corrected chi connectivity index (χ1v) is 7.56. The van der Waals surface area contributed by atoms with Crippen molar-refractivity contribution in [1.29, 1.82) is 0 Å². The molecule has 0 aromatic heterocycles. The van der Waals surface area contributed by atoms with Crippen molar-refractivity contribution in [3.63, 3.8) is 0 Å². The molecule has 0 radical (unpaired) electrons. The highest BCUT2D eigenvalue weighted by Gasteiger charge is 2.47. The van der Waals surface area contributed by atoms with Gasteiger partial charge in [0.1, 0.15) is 6.29 Å². The Morgan fingerprint density at radius 2 is 2.11 bits per heavy atom. The molecule has 1 heterocycles. The summed E-state index contributed by atoms with van der Waals surface area (Å²) < 4.78 is 0. The Labute approximate surface area is 117 Å². The Morgan fingerprint density at radius 1 is 1.32 bits per heavy atom. The Hall–Kier alpha value is -1.35. The second kappa shape index (κ2) is 4.97. The van der Waals surface area contributed by atoms with Crippen LogP contribution in [0.2, 0.25) is 0 Å². The highest BCUT2D eigenvalue weighted by Crippen LogP contribution is 2.55. The van der Waals surface area contributed by atoms with Crippen LogP contribution < -0.4 is 0 Å². The van der Waals surface area contributed by atoms with Crippen molar-refractivity contribution < 1.29 is 9.59 Å². The molecule has 0 saturated carbocycles. The van der Waals surface area contributed by atoms with Gasteiger partial charge in [-0.2, -0.15) is 0 Å². The van der Waals surface area contributed by atoms with Crippen LogP contribution in [0.3, 0.4) is 0 Å². The molecule has 0 amide bonds. The SMILES string of the molecule is O=CC12CCCC=C1SC(C(=O)c1ccccc1)C2. The molecule has 0 bridgehead atoms. The zero-order chi connectivity index (χ0) is 13.3. The molecule has 98 valence electrons. The lowest BCUT2D eigenvalue weighted by atomic mass is 9.76. The Balaban J connectivity index is 1.86. The molecule has 0 N–H and O–H groups in total. The van der Waals surface area contributed by atoms with Crippen LogP contribution in [0.25, 0.3) is 0 Å². The van der Waals surface area contributed by atoms with Crippen LogP contribution in [0.15, 0.2) is 41.3 Å². The highest BCUT2D eigenvalue weighted by atomic mass is 32.2. The summed E-state index contributed by atoms with van der Waals surface area (Å²) >= 11 is 1.60. The first-order valence-electron chi connectivity index (χ1n) is 6.68. The Bertz CT molecular complexity index is 535. The third kappa shape index (κ3) is 2.16. The lowest BCUT2D eigenvalue weighted by Gasteiger charge is -2.26. The summed E-state index contributed by atoms with van der Waals surface area (Å²) in [4.78, 5) is 25.1. The molecule has 0 spiro atoms. The van der Waals surface area contributed by atoms with Gasteiger partial charge in [0.05, 0.1) is 10.7 Å². The van der Waals surface area contributed by atoms with Gasteiger partial charge < -0.3 is 4.79 Å². The van der Waals surface area contributed by atoms with E-state index in [1.54, 1.807) is 11.8 Å². The van der Waals surface area contributed by atoms with Gasteiger partial charge in [0.2, 0.25) is 0 Å². The van der Waals surface area contributed by atoms with E-state index in [4.69, 9.17) is 0 Å². The number of rotatable bonds is 3. The molecule has 1 aromatic rings. The zero-order valence-electron chi connectivity index (χ0n) is 10.7. The molecule has 2 atom stereocenters. The molecular weight excluding hydrogens is 256 g/mol. The third-order valence-corrected chi connectivity index (χ3v) is 5.54. The summed E-state index contributed by atoms with van der Waals surface area (Å²) in [6.07, 6.45) is 6.87. The number of carbonyl (C=O) groups excluding carboxylic acids is 2. The number of Topliss-reactive ketones (excluding diaryl/α,β-unsaturated/α-hetero) is 1.